The molecule has 0 spiro atoms. The van der Waals surface area contributed by atoms with Gasteiger partial charge in [-0.2, -0.15) is 5.26 Å². The summed E-state index contributed by atoms with van der Waals surface area (Å²) in [5.74, 6) is -0.0331. The van der Waals surface area contributed by atoms with E-state index in [1.807, 2.05) is 17.9 Å². The van der Waals surface area contributed by atoms with Crippen LogP contribution < -0.4 is 9.64 Å². The van der Waals surface area contributed by atoms with Gasteiger partial charge in [0.1, 0.15) is 11.4 Å². The average molecular weight is 431 g/mol. The molecule has 1 N–H and O–H groups in total. The van der Waals surface area contributed by atoms with Crippen LogP contribution in [0.25, 0.3) is 5.57 Å². The number of ether oxygens (including phenoxy) is 1. The Morgan fingerprint density at radius 3 is 2.44 bits per heavy atom. The summed E-state index contributed by atoms with van der Waals surface area (Å²) in [5, 5.41) is 18.7. The number of nitrogens with zero attached hydrogens (tertiary/aromatic N) is 3. The van der Waals surface area contributed by atoms with Crippen LogP contribution in [-0.4, -0.2) is 48.1 Å². The first-order valence-corrected chi connectivity index (χ1v) is 10.8. The molecule has 0 aromatic heterocycles. The summed E-state index contributed by atoms with van der Waals surface area (Å²) in [5.41, 5.74) is 2.23. The van der Waals surface area contributed by atoms with Crippen LogP contribution in [0.15, 0.2) is 54.2 Å². The van der Waals surface area contributed by atoms with E-state index in [2.05, 4.69) is 0 Å². The second-order valence-corrected chi connectivity index (χ2v) is 7.92. The Morgan fingerprint density at radius 2 is 1.81 bits per heavy atom. The van der Waals surface area contributed by atoms with Crippen LogP contribution in [0.3, 0.4) is 0 Å². The van der Waals surface area contributed by atoms with Crippen LogP contribution in [0.2, 0.25) is 0 Å². The molecule has 0 bridgehead atoms. The second-order valence-electron chi connectivity index (χ2n) is 7.92. The van der Waals surface area contributed by atoms with Crippen molar-refractivity contribution in [2.75, 3.05) is 31.2 Å². The Bertz CT molecular complexity index is 1080. The maximum Gasteiger partial charge on any atom is 0.282 e. The first-order valence-electron chi connectivity index (χ1n) is 10.8. The minimum Gasteiger partial charge on any atom is -0.494 e. The second kappa shape index (κ2) is 9.25. The molecule has 7 heteroatoms. The number of carbonyl (C=O) groups is 2. The van der Waals surface area contributed by atoms with Gasteiger partial charge < -0.3 is 14.7 Å². The number of aliphatic hydroxyl groups is 1. The van der Waals surface area contributed by atoms with Crippen molar-refractivity contribution in [1.82, 2.24) is 4.90 Å². The van der Waals surface area contributed by atoms with Crippen LogP contribution in [0.4, 0.5) is 5.69 Å². The molecule has 2 aliphatic rings. The number of nitriles is 1. The summed E-state index contributed by atoms with van der Waals surface area (Å²) in [6, 6.07) is 15.6. The Kier molecular flexibility index (Phi) is 6.24. The van der Waals surface area contributed by atoms with Crippen molar-refractivity contribution in [3.05, 3.63) is 65.4 Å². The van der Waals surface area contributed by atoms with Crippen LogP contribution in [0.5, 0.6) is 5.75 Å². The van der Waals surface area contributed by atoms with Gasteiger partial charge in [-0.1, -0.05) is 12.1 Å². The lowest BCUT2D eigenvalue weighted by Gasteiger charge is -2.34. The van der Waals surface area contributed by atoms with E-state index in [0.717, 1.165) is 12.8 Å². The summed E-state index contributed by atoms with van der Waals surface area (Å²) in [6.07, 6.45) is 1.73. The van der Waals surface area contributed by atoms with Crippen LogP contribution in [0.1, 0.15) is 30.9 Å². The third kappa shape index (κ3) is 3.97. The van der Waals surface area contributed by atoms with Crippen molar-refractivity contribution < 1.29 is 19.4 Å². The number of hydrogen-bond acceptors (Lipinski definition) is 6. The molecule has 2 aromatic carbocycles. The zero-order chi connectivity index (χ0) is 22.7. The number of amides is 2. The highest BCUT2D eigenvalue weighted by atomic mass is 16.5. The smallest absolute Gasteiger partial charge is 0.282 e. The molecule has 2 aromatic rings. The van der Waals surface area contributed by atoms with Crippen molar-refractivity contribution in [1.29, 1.82) is 5.26 Å². The summed E-state index contributed by atoms with van der Waals surface area (Å²) < 4.78 is 5.51. The van der Waals surface area contributed by atoms with Crippen molar-refractivity contribution in [2.24, 2.45) is 5.92 Å². The van der Waals surface area contributed by atoms with E-state index in [1.165, 1.54) is 4.90 Å². The molecule has 2 aliphatic heterocycles. The molecule has 2 heterocycles. The summed E-state index contributed by atoms with van der Waals surface area (Å²) in [7, 11) is 0. The van der Waals surface area contributed by atoms with E-state index < -0.39 is 5.91 Å². The third-order valence-corrected chi connectivity index (χ3v) is 5.86. The average Bonchev–Trinajstić information content (AvgIpc) is 3.09. The Morgan fingerprint density at radius 1 is 1.09 bits per heavy atom. The standard InChI is InChI=1S/C25H25N3O4/c1-2-32-21-11-7-19(8-12-21)22-23(27-13-3-4-18(15-27)16-29)25(31)28(24(22)30)20-9-5-17(14-26)6-10-20/h5-12,18,29H,2-4,13,15-16H2,1H3. The maximum absolute atomic E-state index is 13.6. The zero-order valence-corrected chi connectivity index (χ0v) is 18.0. The Hall–Kier alpha value is -3.63. The highest BCUT2D eigenvalue weighted by Gasteiger charge is 2.43. The summed E-state index contributed by atoms with van der Waals surface area (Å²) in [6.45, 7) is 3.65. The quantitative estimate of drug-likeness (QED) is 0.707. The predicted octanol–water partition coefficient (Wildman–Crippen LogP) is 2.95. The van der Waals surface area contributed by atoms with Crippen molar-refractivity contribution in [3.63, 3.8) is 0 Å². The van der Waals surface area contributed by atoms with E-state index in [-0.39, 0.29) is 18.4 Å². The largest absolute Gasteiger partial charge is 0.494 e. The number of benzene rings is 2. The number of carbonyl (C=O) groups excluding carboxylic acids is 2. The number of anilines is 1. The van der Waals surface area contributed by atoms with Crippen LogP contribution in [0, 0.1) is 17.2 Å². The number of hydrogen-bond donors (Lipinski definition) is 1. The summed E-state index contributed by atoms with van der Waals surface area (Å²) >= 11 is 0. The molecule has 1 atom stereocenters. The molecule has 0 aliphatic carbocycles. The number of rotatable bonds is 6. The number of aliphatic hydroxyl groups excluding tert-OH is 1. The Labute approximate surface area is 187 Å². The number of imide groups is 1. The summed E-state index contributed by atoms with van der Waals surface area (Å²) in [4.78, 5) is 30.2. The van der Waals surface area contributed by atoms with E-state index in [0.29, 0.717) is 53.5 Å². The van der Waals surface area contributed by atoms with E-state index in [1.54, 1.807) is 48.5 Å². The van der Waals surface area contributed by atoms with Crippen molar-refractivity contribution >= 4 is 23.1 Å². The highest BCUT2D eigenvalue weighted by Crippen LogP contribution is 2.37. The van der Waals surface area contributed by atoms with Gasteiger partial charge in [0.25, 0.3) is 11.8 Å². The molecule has 32 heavy (non-hydrogen) atoms. The lowest BCUT2D eigenvalue weighted by molar-refractivity contribution is -0.120. The molecule has 1 fully saturated rings. The minimum atomic E-state index is -0.398. The molecular weight excluding hydrogens is 406 g/mol. The fourth-order valence-electron chi connectivity index (χ4n) is 4.29. The Balaban J connectivity index is 1.77. The lowest BCUT2D eigenvalue weighted by atomic mass is 9.97. The highest BCUT2D eigenvalue weighted by molar-refractivity contribution is 6.45. The van der Waals surface area contributed by atoms with Gasteiger partial charge in [-0.05, 0) is 67.6 Å². The normalized spacial score (nSPS) is 18.8. The van der Waals surface area contributed by atoms with Crippen LogP contribution in [-0.2, 0) is 9.59 Å². The monoisotopic (exact) mass is 431 g/mol. The first-order chi connectivity index (χ1) is 15.6. The molecular formula is C25H25N3O4. The molecule has 1 unspecified atom stereocenters. The lowest BCUT2D eigenvalue weighted by Crippen LogP contribution is -2.40. The van der Waals surface area contributed by atoms with E-state index >= 15 is 0 Å². The molecule has 0 saturated carbocycles. The van der Waals surface area contributed by atoms with E-state index in [9.17, 15) is 14.7 Å². The van der Waals surface area contributed by atoms with Gasteiger partial charge >= 0.3 is 0 Å². The first kappa shape index (κ1) is 21.6. The third-order valence-electron chi connectivity index (χ3n) is 5.86. The molecule has 0 radical (unpaired) electrons. The molecule has 164 valence electrons. The SMILES string of the molecule is CCOc1ccc(C2=C(N3CCCC(CO)C3)C(=O)N(c3ccc(C#N)cc3)C2=O)cc1. The zero-order valence-electron chi connectivity index (χ0n) is 18.0. The number of piperidine rings is 1. The number of likely N-dealkylation sites (tertiary alicyclic amines) is 1. The van der Waals surface area contributed by atoms with Gasteiger partial charge in [-0.3, -0.25) is 9.59 Å². The van der Waals surface area contributed by atoms with Crippen LogP contribution >= 0.6 is 0 Å². The van der Waals surface area contributed by atoms with Crippen molar-refractivity contribution in [2.45, 2.75) is 19.8 Å². The topological polar surface area (TPSA) is 93.9 Å². The molecule has 7 nitrogen and oxygen atoms in total. The van der Waals surface area contributed by atoms with Gasteiger partial charge in [0, 0.05) is 19.7 Å². The van der Waals surface area contributed by atoms with Gasteiger partial charge in [0.15, 0.2) is 0 Å². The van der Waals surface area contributed by atoms with Gasteiger partial charge in [-0.25, -0.2) is 4.90 Å². The molecule has 4 rings (SSSR count). The van der Waals surface area contributed by atoms with E-state index in [4.69, 9.17) is 10.00 Å². The van der Waals surface area contributed by atoms with Gasteiger partial charge in [-0.15, -0.1) is 0 Å². The van der Waals surface area contributed by atoms with Gasteiger partial charge in [0.2, 0.25) is 0 Å². The fraction of sp³-hybridized carbons (Fsp3) is 0.320. The molecule has 2 amide bonds. The maximum atomic E-state index is 13.6. The van der Waals surface area contributed by atoms with Crippen molar-refractivity contribution in [3.8, 4) is 11.8 Å². The predicted molar refractivity (Wildman–Crippen MR) is 120 cm³/mol. The minimum absolute atomic E-state index is 0.0453. The fourth-order valence-corrected chi connectivity index (χ4v) is 4.29. The molecule has 1 saturated heterocycles. The van der Waals surface area contributed by atoms with Gasteiger partial charge in [0.05, 0.1) is 29.5 Å².